The summed E-state index contributed by atoms with van der Waals surface area (Å²) in [6.45, 7) is 0.353. The van der Waals surface area contributed by atoms with Gasteiger partial charge in [-0.2, -0.15) is 4.31 Å². The highest BCUT2D eigenvalue weighted by Crippen LogP contribution is 2.30. The molecule has 1 aromatic rings. The first-order valence-electron chi connectivity index (χ1n) is 5.02. The summed E-state index contributed by atoms with van der Waals surface area (Å²) in [5.41, 5.74) is 5.98. The van der Waals surface area contributed by atoms with Crippen LogP contribution in [0.5, 0.6) is 0 Å². The molecule has 1 aromatic heterocycles. The van der Waals surface area contributed by atoms with Gasteiger partial charge in [0.25, 0.3) is 10.0 Å². The molecule has 0 aliphatic carbocycles. The fraction of sp³-hybridized carbons (Fsp3) is 0.556. The summed E-state index contributed by atoms with van der Waals surface area (Å²) >= 11 is 1.12. The van der Waals surface area contributed by atoms with Gasteiger partial charge in [-0.1, -0.05) is 0 Å². The molecule has 2 heterocycles. The molecule has 16 heavy (non-hydrogen) atoms. The van der Waals surface area contributed by atoms with E-state index < -0.39 is 10.0 Å². The normalized spacial score (nSPS) is 22.7. The Bertz CT molecular complexity index is 469. The summed E-state index contributed by atoms with van der Waals surface area (Å²) in [4.78, 5) is 0. The van der Waals surface area contributed by atoms with E-state index >= 15 is 0 Å². The van der Waals surface area contributed by atoms with E-state index in [0.29, 0.717) is 12.2 Å². The highest BCUT2D eigenvalue weighted by molar-refractivity contribution is 7.91. The van der Waals surface area contributed by atoms with Crippen LogP contribution in [0.15, 0.2) is 15.7 Å². The summed E-state index contributed by atoms with van der Waals surface area (Å²) < 4.78 is 26.0. The summed E-state index contributed by atoms with van der Waals surface area (Å²) in [7, 11) is -3.47. The maximum atomic E-state index is 12.2. The number of nitrogens with two attached hydrogens (primary N) is 1. The van der Waals surface area contributed by atoms with Crippen molar-refractivity contribution in [1.29, 1.82) is 0 Å². The first-order chi connectivity index (χ1) is 7.55. The Hall–Kier alpha value is -0.630. The minimum Gasteiger partial charge on any atom is -0.398 e. The van der Waals surface area contributed by atoms with Crippen LogP contribution in [0.4, 0.5) is 5.69 Å². The fourth-order valence-corrected chi connectivity index (χ4v) is 4.78. The molecule has 0 radical (unpaired) electrons. The van der Waals surface area contributed by atoms with Crippen LogP contribution in [0, 0.1) is 0 Å². The monoisotopic (exact) mass is 262 g/mol. The molecular formula is C9H14N2O3S2. The van der Waals surface area contributed by atoms with E-state index in [-0.39, 0.29) is 16.9 Å². The van der Waals surface area contributed by atoms with Crippen LogP contribution in [-0.2, 0) is 10.0 Å². The lowest BCUT2D eigenvalue weighted by atomic mass is 10.2. The number of nitrogen functional groups attached to an aromatic ring is 1. The minimum absolute atomic E-state index is 0.125. The zero-order valence-corrected chi connectivity index (χ0v) is 10.3. The molecule has 1 aliphatic heterocycles. The van der Waals surface area contributed by atoms with Crippen LogP contribution in [0.25, 0.3) is 0 Å². The molecule has 90 valence electrons. The van der Waals surface area contributed by atoms with Crippen molar-refractivity contribution in [2.75, 3.05) is 18.9 Å². The Labute approximate surface area is 98.5 Å². The number of anilines is 1. The van der Waals surface area contributed by atoms with Gasteiger partial charge < -0.3 is 10.8 Å². The van der Waals surface area contributed by atoms with Gasteiger partial charge in [-0.15, -0.1) is 11.3 Å². The minimum atomic E-state index is -3.47. The summed E-state index contributed by atoms with van der Waals surface area (Å²) in [6, 6.07) is 1.18. The van der Waals surface area contributed by atoms with Crippen molar-refractivity contribution in [3.05, 3.63) is 11.4 Å². The second-order valence-corrected chi connectivity index (χ2v) is 6.82. The van der Waals surface area contributed by atoms with Gasteiger partial charge in [-0.05, 0) is 18.9 Å². The number of aliphatic hydroxyl groups is 1. The van der Waals surface area contributed by atoms with Gasteiger partial charge >= 0.3 is 0 Å². The Morgan fingerprint density at radius 2 is 2.38 bits per heavy atom. The van der Waals surface area contributed by atoms with Crippen LogP contribution in [0.1, 0.15) is 12.8 Å². The quantitative estimate of drug-likeness (QED) is 0.829. The summed E-state index contributed by atoms with van der Waals surface area (Å²) in [5.74, 6) is 0. The molecule has 0 bridgehead atoms. The molecule has 7 heteroatoms. The molecule has 0 aromatic carbocycles. The standard InChI is InChI=1S/C9H14N2O3S2/c10-7-4-9(15-6-7)16(13,14)11-3-1-2-8(11)5-12/h4,6,8,12H,1-3,5,10H2. The molecule has 5 nitrogen and oxygen atoms in total. The third-order valence-electron chi connectivity index (χ3n) is 2.69. The van der Waals surface area contributed by atoms with Crippen LogP contribution >= 0.6 is 11.3 Å². The SMILES string of the molecule is Nc1csc(S(=O)(=O)N2CCCC2CO)c1. The van der Waals surface area contributed by atoms with Crippen molar-refractivity contribution >= 4 is 27.0 Å². The molecule has 0 amide bonds. The van der Waals surface area contributed by atoms with Crippen LogP contribution < -0.4 is 5.73 Å². The Balaban J connectivity index is 2.32. The molecule has 1 atom stereocenters. The third-order valence-corrected chi connectivity index (χ3v) is 6.08. The molecule has 2 rings (SSSR count). The number of sulfonamides is 1. The molecule has 1 unspecified atom stereocenters. The summed E-state index contributed by atoms with van der Waals surface area (Å²) in [5, 5.41) is 10.7. The van der Waals surface area contributed by atoms with Gasteiger partial charge in [0.1, 0.15) is 4.21 Å². The fourth-order valence-electron chi connectivity index (χ4n) is 1.89. The second kappa shape index (κ2) is 4.33. The predicted molar refractivity (Wildman–Crippen MR) is 62.7 cm³/mol. The highest BCUT2D eigenvalue weighted by Gasteiger charge is 2.35. The number of aliphatic hydroxyl groups excluding tert-OH is 1. The molecule has 3 N–H and O–H groups in total. The first kappa shape index (κ1) is 11.8. The number of hydrogen-bond donors (Lipinski definition) is 2. The van der Waals surface area contributed by atoms with Crippen LogP contribution in [0.2, 0.25) is 0 Å². The molecule has 0 spiro atoms. The first-order valence-corrected chi connectivity index (χ1v) is 7.34. The average Bonchev–Trinajstić information content (AvgIpc) is 2.85. The van der Waals surface area contributed by atoms with Gasteiger partial charge in [-0.3, -0.25) is 0 Å². The van der Waals surface area contributed by atoms with Gasteiger partial charge in [0.2, 0.25) is 0 Å². The smallest absolute Gasteiger partial charge is 0.252 e. The zero-order chi connectivity index (χ0) is 11.8. The van der Waals surface area contributed by atoms with Crippen molar-refractivity contribution in [1.82, 2.24) is 4.31 Å². The lowest BCUT2D eigenvalue weighted by molar-refractivity contribution is 0.213. The Morgan fingerprint density at radius 1 is 1.62 bits per heavy atom. The Kier molecular flexibility index (Phi) is 3.20. The van der Waals surface area contributed by atoms with Gasteiger partial charge in [0, 0.05) is 23.7 Å². The van der Waals surface area contributed by atoms with E-state index in [2.05, 4.69) is 0 Å². The van der Waals surface area contributed by atoms with E-state index in [9.17, 15) is 8.42 Å². The molecule has 1 fully saturated rings. The van der Waals surface area contributed by atoms with E-state index in [1.54, 1.807) is 5.38 Å². The molecule has 1 saturated heterocycles. The largest absolute Gasteiger partial charge is 0.398 e. The van der Waals surface area contributed by atoms with E-state index in [1.807, 2.05) is 0 Å². The molecule has 1 aliphatic rings. The Morgan fingerprint density at radius 3 is 2.94 bits per heavy atom. The van der Waals surface area contributed by atoms with Crippen molar-refractivity contribution in [2.24, 2.45) is 0 Å². The van der Waals surface area contributed by atoms with Gasteiger partial charge in [-0.25, -0.2) is 8.42 Å². The predicted octanol–water partition coefficient (Wildman–Crippen LogP) is 0.476. The van der Waals surface area contributed by atoms with E-state index in [4.69, 9.17) is 10.8 Å². The zero-order valence-electron chi connectivity index (χ0n) is 8.67. The topological polar surface area (TPSA) is 83.6 Å². The van der Waals surface area contributed by atoms with Crippen LogP contribution in [0.3, 0.4) is 0 Å². The van der Waals surface area contributed by atoms with Gasteiger partial charge in [0.05, 0.1) is 6.61 Å². The van der Waals surface area contributed by atoms with E-state index in [1.165, 1.54) is 10.4 Å². The van der Waals surface area contributed by atoms with Crippen molar-refractivity contribution in [2.45, 2.75) is 23.1 Å². The number of nitrogens with zero attached hydrogens (tertiary/aromatic N) is 1. The van der Waals surface area contributed by atoms with Crippen molar-refractivity contribution in [3.8, 4) is 0 Å². The second-order valence-electron chi connectivity index (χ2n) is 3.79. The lowest BCUT2D eigenvalue weighted by Gasteiger charge is -2.21. The van der Waals surface area contributed by atoms with Crippen LogP contribution in [-0.4, -0.2) is 37.0 Å². The summed E-state index contributed by atoms with van der Waals surface area (Å²) in [6.07, 6.45) is 1.52. The lowest BCUT2D eigenvalue weighted by Crippen LogP contribution is -2.37. The molecular weight excluding hydrogens is 248 g/mol. The number of thiophene rings is 1. The van der Waals surface area contributed by atoms with E-state index in [0.717, 1.165) is 24.2 Å². The maximum absolute atomic E-state index is 12.2. The number of rotatable bonds is 3. The van der Waals surface area contributed by atoms with Crippen molar-refractivity contribution in [3.63, 3.8) is 0 Å². The van der Waals surface area contributed by atoms with Gasteiger partial charge in [0.15, 0.2) is 0 Å². The maximum Gasteiger partial charge on any atom is 0.252 e. The van der Waals surface area contributed by atoms with Crippen molar-refractivity contribution < 1.29 is 13.5 Å². The highest BCUT2D eigenvalue weighted by atomic mass is 32.2. The molecule has 0 saturated carbocycles. The average molecular weight is 262 g/mol. The number of hydrogen-bond acceptors (Lipinski definition) is 5. The third kappa shape index (κ3) is 1.95.